The summed E-state index contributed by atoms with van der Waals surface area (Å²) < 4.78 is 5.53. The topological polar surface area (TPSA) is 29.5 Å². The molecule has 0 radical (unpaired) electrons. The van der Waals surface area contributed by atoms with Crippen molar-refractivity contribution in [2.24, 2.45) is 0 Å². The van der Waals surface area contributed by atoms with Gasteiger partial charge in [0.05, 0.1) is 21.3 Å². The Kier molecular flexibility index (Phi) is 5.19. The summed E-state index contributed by atoms with van der Waals surface area (Å²) >= 11 is 26.0. The quantitative estimate of drug-likeness (QED) is 0.370. The van der Waals surface area contributed by atoms with Crippen molar-refractivity contribution in [3.63, 3.8) is 0 Å². The molecule has 0 aromatic heterocycles. The number of ether oxygens (including phenoxy) is 1. The molecule has 0 N–H and O–H groups in total. The molecule has 1 amide bonds. The minimum absolute atomic E-state index is 0.362. The second-order valence-corrected chi connectivity index (χ2v) is 8.38. The van der Waals surface area contributed by atoms with Gasteiger partial charge in [-0.3, -0.25) is 0 Å². The first-order chi connectivity index (χ1) is 12.9. The molecule has 1 aliphatic heterocycles. The summed E-state index contributed by atoms with van der Waals surface area (Å²) in [4.78, 5) is 16.0. The summed E-state index contributed by atoms with van der Waals surface area (Å²) in [5, 5.41) is 1.90. The first-order valence-electron chi connectivity index (χ1n) is 7.66. The van der Waals surface area contributed by atoms with Crippen molar-refractivity contribution in [1.29, 1.82) is 0 Å². The van der Waals surface area contributed by atoms with Crippen LogP contribution in [0, 0.1) is 0 Å². The Labute approximate surface area is 179 Å². The summed E-state index contributed by atoms with van der Waals surface area (Å²) in [6.07, 6.45) is -0.610. The van der Waals surface area contributed by atoms with Crippen LogP contribution in [0.5, 0.6) is 5.75 Å². The number of carbonyl (C=O) groups excluding carboxylic acids is 1. The average Bonchev–Trinajstić information content (AvgIpc) is 2.62. The van der Waals surface area contributed by atoms with E-state index in [1.54, 1.807) is 48.5 Å². The average molecular weight is 457 g/mol. The lowest BCUT2D eigenvalue weighted by molar-refractivity contribution is 0.210. The molecule has 0 spiro atoms. The predicted molar refractivity (Wildman–Crippen MR) is 112 cm³/mol. The summed E-state index contributed by atoms with van der Waals surface area (Å²) in [5.74, 6) is 0.362. The van der Waals surface area contributed by atoms with Gasteiger partial charge in [-0.2, -0.15) is 0 Å². The normalized spacial score (nSPS) is 12.4. The molecule has 0 unspecified atom stereocenters. The Morgan fingerprint density at radius 3 is 2.22 bits per heavy atom. The van der Waals surface area contributed by atoms with Crippen LogP contribution in [-0.2, 0) is 0 Å². The van der Waals surface area contributed by atoms with Gasteiger partial charge >= 0.3 is 6.09 Å². The van der Waals surface area contributed by atoms with Gasteiger partial charge in [0, 0.05) is 20.0 Å². The van der Waals surface area contributed by atoms with Crippen LogP contribution in [0.2, 0.25) is 20.1 Å². The van der Waals surface area contributed by atoms with E-state index in [1.165, 1.54) is 16.7 Å². The molecular weight excluding hydrogens is 448 g/mol. The molecule has 1 heterocycles. The Morgan fingerprint density at radius 1 is 0.815 bits per heavy atom. The van der Waals surface area contributed by atoms with Crippen molar-refractivity contribution in [1.82, 2.24) is 0 Å². The number of benzene rings is 3. The molecule has 8 heteroatoms. The zero-order valence-electron chi connectivity index (χ0n) is 13.4. The van der Waals surface area contributed by atoms with Crippen LogP contribution in [0.4, 0.5) is 16.2 Å². The molecule has 0 saturated carbocycles. The van der Waals surface area contributed by atoms with E-state index in [0.717, 1.165) is 4.90 Å². The lowest BCUT2D eigenvalue weighted by Crippen LogP contribution is -2.31. The van der Waals surface area contributed by atoms with Crippen molar-refractivity contribution in [2.75, 3.05) is 4.90 Å². The highest BCUT2D eigenvalue weighted by atomic mass is 35.5. The first-order valence-corrected chi connectivity index (χ1v) is 9.99. The summed E-state index contributed by atoms with van der Waals surface area (Å²) in [6.45, 7) is 0. The van der Waals surface area contributed by atoms with Crippen LogP contribution in [-0.4, -0.2) is 6.09 Å². The molecule has 3 aromatic rings. The van der Waals surface area contributed by atoms with Gasteiger partial charge in [0.2, 0.25) is 0 Å². The summed E-state index contributed by atoms with van der Waals surface area (Å²) in [6, 6.07) is 15.1. The maximum atomic E-state index is 13.0. The van der Waals surface area contributed by atoms with Gasteiger partial charge in [0.1, 0.15) is 5.75 Å². The molecule has 0 atom stereocenters. The van der Waals surface area contributed by atoms with Gasteiger partial charge < -0.3 is 4.74 Å². The fourth-order valence-electron chi connectivity index (χ4n) is 2.65. The third-order valence-electron chi connectivity index (χ3n) is 3.80. The highest BCUT2D eigenvalue weighted by Crippen LogP contribution is 2.52. The van der Waals surface area contributed by atoms with E-state index >= 15 is 0 Å². The maximum absolute atomic E-state index is 13.0. The standard InChI is InChI=1S/C19H9Cl4NO2S/c20-10-1-4-13(5-2-10)26-19(25)24-15-8-11(21)3-6-17(15)27-18-14(23)7-12(22)9-16(18)24/h1-9H. The molecule has 3 nitrogen and oxygen atoms in total. The molecule has 0 aliphatic carbocycles. The molecule has 0 fully saturated rings. The lowest BCUT2D eigenvalue weighted by atomic mass is 10.2. The predicted octanol–water partition coefficient (Wildman–Crippen LogP) is 8.10. The minimum atomic E-state index is -0.610. The Balaban J connectivity index is 1.82. The molecule has 0 bridgehead atoms. The van der Waals surface area contributed by atoms with Gasteiger partial charge in [-0.15, -0.1) is 0 Å². The zero-order chi connectivity index (χ0) is 19.1. The van der Waals surface area contributed by atoms with Crippen LogP contribution in [0.3, 0.4) is 0 Å². The van der Waals surface area contributed by atoms with Gasteiger partial charge in [0.25, 0.3) is 0 Å². The van der Waals surface area contributed by atoms with Gasteiger partial charge in [-0.05, 0) is 54.6 Å². The van der Waals surface area contributed by atoms with E-state index in [1.807, 2.05) is 6.07 Å². The minimum Gasteiger partial charge on any atom is -0.410 e. The van der Waals surface area contributed by atoms with E-state index in [2.05, 4.69) is 0 Å². The molecule has 4 rings (SSSR count). The molecule has 136 valence electrons. The monoisotopic (exact) mass is 455 g/mol. The van der Waals surface area contributed by atoms with Crippen molar-refractivity contribution in [3.8, 4) is 5.75 Å². The number of fused-ring (bicyclic) bond motifs is 2. The van der Waals surface area contributed by atoms with Crippen LogP contribution in [0.25, 0.3) is 0 Å². The Morgan fingerprint density at radius 2 is 1.48 bits per heavy atom. The lowest BCUT2D eigenvalue weighted by Gasteiger charge is -2.31. The number of carbonyl (C=O) groups is 1. The second kappa shape index (κ2) is 7.46. The number of halogens is 4. The largest absolute Gasteiger partial charge is 0.424 e. The third-order valence-corrected chi connectivity index (χ3v) is 6.12. The zero-order valence-corrected chi connectivity index (χ0v) is 17.2. The van der Waals surface area contributed by atoms with Crippen molar-refractivity contribution in [2.45, 2.75) is 9.79 Å². The van der Waals surface area contributed by atoms with E-state index in [9.17, 15) is 4.79 Å². The van der Waals surface area contributed by atoms with Gasteiger partial charge in [-0.25, -0.2) is 9.69 Å². The number of hydrogen-bond acceptors (Lipinski definition) is 3. The number of rotatable bonds is 1. The van der Waals surface area contributed by atoms with Gasteiger partial charge in [0.15, 0.2) is 0 Å². The molecule has 1 aliphatic rings. The number of nitrogens with zero attached hydrogens (tertiary/aromatic N) is 1. The second-order valence-electron chi connectivity index (χ2n) is 5.61. The smallest absolute Gasteiger partial charge is 0.410 e. The first kappa shape index (κ1) is 18.8. The van der Waals surface area contributed by atoms with E-state index in [0.29, 0.717) is 42.1 Å². The molecular formula is C19H9Cl4NO2S. The molecule has 0 saturated heterocycles. The Bertz CT molecular complexity index is 1060. The highest BCUT2D eigenvalue weighted by Gasteiger charge is 2.32. The summed E-state index contributed by atoms with van der Waals surface area (Å²) in [5.41, 5.74) is 1.13. The van der Waals surface area contributed by atoms with Crippen LogP contribution < -0.4 is 9.64 Å². The Hall–Kier alpha value is -1.56. The SMILES string of the molecule is O=C(Oc1ccc(Cl)cc1)N1c2cc(Cl)ccc2Sc2c(Cl)cc(Cl)cc21. The molecule has 3 aromatic carbocycles. The number of anilines is 2. The van der Waals surface area contributed by atoms with Gasteiger partial charge in [-0.1, -0.05) is 58.2 Å². The fourth-order valence-corrected chi connectivity index (χ4v) is 4.56. The maximum Gasteiger partial charge on any atom is 0.424 e. The van der Waals surface area contributed by atoms with E-state index < -0.39 is 6.09 Å². The van der Waals surface area contributed by atoms with Crippen LogP contribution in [0.15, 0.2) is 64.4 Å². The number of hydrogen-bond donors (Lipinski definition) is 0. The highest BCUT2D eigenvalue weighted by molar-refractivity contribution is 7.99. The fraction of sp³-hybridized carbons (Fsp3) is 0. The van der Waals surface area contributed by atoms with E-state index in [-0.39, 0.29) is 0 Å². The van der Waals surface area contributed by atoms with Crippen LogP contribution in [0.1, 0.15) is 0 Å². The number of amides is 1. The van der Waals surface area contributed by atoms with Crippen molar-refractivity contribution < 1.29 is 9.53 Å². The van der Waals surface area contributed by atoms with Crippen molar-refractivity contribution in [3.05, 3.63) is 74.7 Å². The third kappa shape index (κ3) is 3.73. The van der Waals surface area contributed by atoms with Crippen LogP contribution >= 0.6 is 58.2 Å². The van der Waals surface area contributed by atoms with E-state index in [4.69, 9.17) is 51.1 Å². The summed E-state index contributed by atoms with van der Waals surface area (Å²) in [7, 11) is 0. The van der Waals surface area contributed by atoms with Crippen molar-refractivity contribution >= 4 is 75.6 Å². The molecule has 27 heavy (non-hydrogen) atoms.